The molecule has 1 aliphatic heterocycles. The summed E-state index contributed by atoms with van der Waals surface area (Å²) < 4.78 is 11.5. The number of hydroxylamine groups is 1. The highest BCUT2D eigenvalue weighted by atomic mass is 79.9. The van der Waals surface area contributed by atoms with Gasteiger partial charge in [-0.3, -0.25) is 0 Å². The standard InChI is InChI=1S/C10H12BrNO3/c1-2-15-12-5-7-3-8(11)10-9(4-7)13-6-14-10/h3-4,12H,2,5-6H2,1H3. The molecule has 1 aromatic rings. The zero-order chi connectivity index (χ0) is 10.7. The Kier molecular flexibility index (Phi) is 3.45. The number of ether oxygens (including phenoxy) is 2. The molecule has 0 aliphatic carbocycles. The van der Waals surface area contributed by atoms with Crippen LogP contribution in [-0.2, 0) is 11.4 Å². The maximum absolute atomic E-state index is 5.31. The number of fused-ring (bicyclic) bond motifs is 1. The van der Waals surface area contributed by atoms with Crippen molar-refractivity contribution in [2.75, 3.05) is 13.4 Å². The predicted molar refractivity (Wildman–Crippen MR) is 58.7 cm³/mol. The van der Waals surface area contributed by atoms with Gasteiger partial charge in [-0.15, -0.1) is 0 Å². The average molecular weight is 274 g/mol. The lowest BCUT2D eigenvalue weighted by Gasteiger charge is -2.06. The van der Waals surface area contributed by atoms with Gasteiger partial charge in [0.15, 0.2) is 11.5 Å². The van der Waals surface area contributed by atoms with Crippen molar-refractivity contribution in [3.8, 4) is 11.5 Å². The van der Waals surface area contributed by atoms with Crippen molar-refractivity contribution >= 4 is 15.9 Å². The van der Waals surface area contributed by atoms with E-state index in [1.165, 1.54) is 0 Å². The fourth-order valence-corrected chi connectivity index (χ4v) is 1.96. The van der Waals surface area contributed by atoms with E-state index >= 15 is 0 Å². The highest BCUT2D eigenvalue weighted by Gasteiger charge is 2.17. The average Bonchev–Trinajstić information content (AvgIpc) is 2.66. The van der Waals surface area contributed by atoms with E-state index < -0.39 is 0 Å². The molecule has 0 radical (unpaired) electrons. The summed E-state index contributed by atoms with van der Waals surface area (Å²) in [7, 11) is 0. The molecule has 1 heterocycles. The number of halogens is 1. The fraction of sp³-hybridized carbons (Fsp3) is 0.400. The van der Waals surface area contributed by atoms with Gasteiger partial charge in [0.05, 0.1) is 11.1 Å². The van der Waals surface area contributed by atoms with E-state index in [0.717, 1.165) is 21.5 Å². The Hall–Kier alpha value is -0.780. The van der Waals surface area contributed by atoms with Crippen LogP contribution < -0.4 is 15.0 Å². The smallest absolute Gasteiger partial charge is 0.231 e. The van der Waals surface area contributed by atoms with Crippen molar-refractivity contribution in [1.82, 2.24) is 5.48 Å². The molecule has 82 valence electrons. The Labute approximate surface area is 96.6 Å². The molecule has 1 aliphatic rings. The van der Waals surface area contributed by atoms with E-state index in [0.29, 0.717) is 13.2 Å². The topological polar surface area (TPSA) is 39.7 Å². The van der Waals surface area contributed by atoms with Crippen LogP contribution in [-0.4, -0.2) is 13.4 Å². The fourth-order valence-electron chi connectivity index (χ4n) is 1.36. The summed E-state index contributed by atoms with van der Waals surface area (Å²) in [5, 5.41) is 0. The minimum absolute atomic E-state index is 0.288. The van der Waals surface area contributed by atoms with Crippen molar-refractivity contribution in [1.29, 1.82) is 0 Å². The number of rotatable bonds is 4. The SMILES string of the molecule is CCONCc1cc(Br)c2c(c1)OCO2. The number of hydrogen-bond donors (Lipinski definition) is 1. The predicted octanol–water partition coefficient (Wildman–Crippen LogP) is 2.22. The first kappa shape index (κ1) is 10.7. The minimum atomic E-state index is 0.288. The van der Waals surface area contributed by atoms with E-state index in [-0.39, 0.29) is 6.79 Å². The second-order valence-electron chi connectivity index (χ2n) is 3.07. The van der Waals surface area contributed by atoms with Crippen LogP contribution in [0.2, 0.25) is 0 Å². The van der Waals surface area contributed by atoms with Crippen molar-refractivity contribution in [2.45, 2.75) is 13.5 Å². The second-order valence-corrected chi connectivity index (χ2v) is 3.92. The second kappa shape index (κ2) is 4.83. The summed E-state index contributed by atoms with van der Waals surface area (Å²) in [5.74, 6) is 1.55. The molecule has 0 atom stereocenters. The molecule has 2 rings (SSSR count). The third-order valence-electron chi connectivity index (χ3n) is 2.01. The van der Waals surface area contributed by atoms with Gasteiger partial charge in [0, 0.05) is 6.54 Å². The molecule has 0 saturated carbocycles. The largest absolute Gasteiger partial charge is 0.454 e. The summed E-state index contributed by atoms with van der Waals surface area (Å²) >= 11 is 3.43. The Morgan fingerprint density at radius 3 is 3.13 bits per heavy atom. The summed E-state index contributed by atoms with van der Waals surface area (Å²) in [6.45, 7) is 3.51. The van der Waals surface area contributed by atoms with Crippen molar-refractivity contribution in [3.63, 3.8) is 0 Å². The first-order chi connectivity index (χ1) is 7.31. The summed E-state index contributed by atoms with van der Waals surface area (Å²) in [5.41, 5.74) is 3.94. The van der Waals surface area contributed by atoms with Crippen LogP contribution >= 0.6 is 15.9 Å². The molecule has 4 nitrogen and oxygen atoms in total. The van der Waals surface area contributed by atoms with Crippen molar-refractivity contribution in [2.24, 2.45) is 0 Å². The van der Waals surface area contributed by atoms with Crippen molar-refractivity contribution in [3.05, 3.63) is 22.2 Å². The molecule has 0 amide bonds. The van der Waals surface area contributed by atoms with E-state index in [2.05, 4.69) is 21.4 Å². The molecule has 15 heavy (non-hydrogen) atoms. The van der Waals surface area contributed by atoms with Crippen LogP contribution in [0.15, 0.2) is 16.6 Å². The van der Waals surface area contributed by atoms with E-state index in [9.17, 15) is 0 Å². The molecule has 0 spiro atoms. The van der Waals surface area contributed by atoms with Crippen LogP contribution in [0, 0.1) is 0 Å². The maximum atomic E-state index is 5.31. The van der Waals surface area contributed by atoms with Crippen LogP contribution in [0.25, 0.3) is 0 Å². The molecule has 0 aromatic heterocycles. The van der Waals surface area contributed by atoms with E-state index in [1.807, 2.05) is 19.1 Å². The molecular weight excluding hydrogens is 262 g/mol. The van der Waals surface area contributed by atoms with Gasteiger partial charge in [-0.25, -0.2) is 0 Å². The molecule has 5 heteroatoms. The zero-order valence-electron chi connectivity index (χ0n) is 8.38. The van der Waals surface area contributed by atoms with Gasteiger partial charge in [0.2, 0.25) is 6.79 Å². The Bertz CT molecular complexity index is 357. The van der Waals surface area contributed by atoms with Crippen LogP contribution in [0.3, 0.4) is 0 Å². The lowest BCUT2D eigenvalue weighted by molar-refractivity contribution is 0.0463. The first-order valence-corrected chi connectivity index (χ1v) is 5.53. The third-order valence-corrected chi connectivity index (χ3v) is 2.60. The van der Waals surface area contributed by atoms with E-state index in [1.54, 1.807) is 0 Å². The van der Waals surface area contributed by atoms with E-state index in [4.69, 9.17) is 14.3 Å². The van der Waals surface area contributed by atoms with Gasteiger partial charge in [0.1, 0.15) is 0 Å². The zero-order valence-corrected chi connectivity index (χ0v) is 9.96. The van der Waals surface area contributed by atoms with Crippen LogP contribution in [0.4, 0.5) is 0 Å². The van der Waals surface area contributed by atoms with Crippen molar-refractivity contribution < 1.29 is 14.3 Å². The summed E-state index contributed by atoms with van der Waals surface area (Å²) in [4.78, 5) is 5.06. The Balaban J connectivity index is 2.09. The molecular formula is C10H12BrNO3. The quantitative estimate of drug-likeness (QED) is 0.675. The Morgan fingerprint density at radius 1 is 1.47 bits per heavy atom. The lowest BCUT2D eigenvalue weighted by Crippen LogP contribution is -2.13. The van der Waals surface area contributed by atoms with Gasteiger partial charge in [-0.1, -0.05) is 0 Å². The summed E-state index contributed by atoms with van der Waals surface area (Å²) in [6.07, 6.45) is 0. The molecule has 0 fully saturated rings. The molecule has 0 unspecified atom stereocenters. The van der Waals surface area contributed by atoms with Crippen LogP contribution in [0.1, 0.15) is 12.5 Å². The van der Waals surface area contributed by atoms with Gasteiger partial charge in [0.25, 0.3) is 0 Å². The summed E-state index contributed by atoms with van der Waals surface area (Å²) in [6, 6.07) is 3.93. The minimum Gasteiger partial charge on any atom is -0.454 e. The monoisotopic (exact) mass is 273 g/mol. The number of hydrogen-bond acceptors (Lipinski definition) is 4. The van der Waals surface area contributed by atoms with Gasteiger partial charge in [-0.2, -0.15) is 5.48 Å². The molecule has 1 N–H and O–H groups in total. The van der Waals surface area contributed by atoms with Crippen LogP contribution in [0.5, 0.6) is 11.5 Å². The highest BCUT2D eigenvalue weighted by molar-refractivity contribution is 9.10. The molecule has 0 bridgehead atoms. The highest BCUT2D eigenvalue weighted by Crippen LogP contribution is 2.39. The number of nitrogens with one attached hydrogen (secondary N) is 1. The third kappa shape index (κ3) is 2.42. The maximum Gasteiger partial charge on any atom is 0.231 e. The first-order valence-electron chi connectivity index (χ1n) is 4.74. The molecule has 0 saturated heterocycles. The Morgan fingerprint density at radius 2 is 2.33 bits per heavy atom. The number of benzene rings is 1. The van der Waals surface area contributed by atoms with Gasteiger partial charge in [-0.05, 0) is 40.5 Å². The normalized spacial score (nSPS) is 13.2. The van der Waals surface area contributed by atoms with Gasteiger partial charge < -0.3 is 14.3 Å². The lowest BCUT2D eigenvalue weighted by atomic mass is 10.2. The molecule has 1 aromatic carbocycles. The van der Waals surface area contributed by atoms with Gasteiger partial charge >= 0.3 is 0 Å².